The Kier molecular flexibility index (Phi) is 3.48. The Morgan fingerprint density at radius 2 is 1.50 bits per heavy atom. The molecule has 0 unspecified atom stereocenters. The van der Waals surface area contributed by atoms with Gasteiger partial charge in [-0.05, 0) is 42.7 Å². The summed E-state index contributed by atoms with van der Waals surface area (Å²) >= 11 is 0. The predicted molar refractivity (Wildman–Crippen MR) is 90.8 cm³/mol. The van der Waals surface area contributed by atoms with Gasteiger partial charge in [-0.3, -0.25) is 4.99 Å². The number of hydrogen-bond acceptors (Lipinski definition) is 1. The minimum Gasteiger partial charge on any atom is -0.253 e. The van der Waals surface area contributed by atoms with Crippen LogP contribution in [-0.4, -0.2) is 24.8 Å². The smallest absolute Gasteiger partial charge is 0.0773 e. The second kappa shape index (κ2) is 5.15. The van der Waals surface area contributed by atoms with Gasteiger partial charge in [0.05, 0.1) is 24.8 Å². The van der Waals surface area contributed by atoms with Crippen molar-refractivity contribution in [2.24, 2.45) is 4.99 Å². The molecule has 1 aliphatic heterocycles. The van der Waals surface area contributed by atoms with Gasteiger partial charge in [0.2, 0.25) is 0 Å². The number of fused-ring (bicyclic) bond motifs is 1. The van der Waals surface area contributed by atoms with E-state index in [0.717, 1.165) is 24.7 Å². The molecule has 0 saturated heterocycles. The van der Waals surface area contributed by atoms with Crippen LogP contribution in [0.25, 0.3) is 5.57 Å². The van der Waals surface area contributed by atoms with Gasteiger partial charge in [0.1, 0.15) is 0 Å². The first kappa shape index (κ1) is 13.5. The van der Waals surface area contributed by atoms with Crippen molar-refractivity contribution in [2.45, 2.75) is 26.9 Å². The Bertz CT molecular complexity index is 683. The molecular weight excluding hydrogens is 274 g/mol. The molecule has 0 spiro atoms. The molecule has 0 aromatic heterocycles. The van der Waals surface area contributed by atoms with Crippen LogP contribution in [0.3, 0.4) is 0 Å². The second-order valence-electron chi connectivity index (χ2n) is 5.20. The topological polar surface area (TPSA) is 12.4 Å². The highest BCUT2D eigenvalue weighted by Crippen LogP contribution is 2.35. The minimum absolute atomic E-state index is 0.849. The van der Waals surface area contributed by atoms with Crippen LogP contribution in [0.1, 0.15) is 19.4 Å². The van der Waals surface area contributed by atoms with E-state index in [1.54, 1.807) is 0 Å². The van der Waals surface area contributed by atoms with Crippen molar-refractivity contribution < 1.29 is 0 Å². The lowest BCUT2D eigenvalue weighted by atomic mass is 10.0. The van der Waals surface area contributed by atoms with Gasteiger partial charge in [-0.25, -0.2) is 0 Å². The average Bonchev–Trinajstić information content (AvgIpc) is 2.97. The number of nitrogens with zero attached hydrogens (tertiary/aromatic N) is 1. The number of hydrogen-bond donors (Lipinski definition) is 0. The van der Waals surface area contributed by atoms with Crippen molar-refractivity contribution in [3.8, 4) is 0 Å². The molecule has 1 aliphatic carbocycles. The summed E-state index contributed by atoms with van der Waals surface area (Å²) in [4.78, 5) is 4.65. The molecule has 0 bridgehead atoms. The van der Waals surface area contributed by atoms with Crippen LogP contribution >= 0.6 is 0 Å². The zero-order valence-electron chi connectivity index (χ0n) is 12.3. The summed E-state index contributed by atoms with van der Waals surface area (Å²) in [6.07, 6.45) is 4.50. The minimum atomic E-state index is 0.849. The highest BCUT2D eigenvalue weighted by molar-refractivity contribution is 6.56. The van der Waals surface area contributed by atoms with Crippen molar-refractivity contribution >= 4 is 40.7 Å². The SMILES string of the molecule is C[Si]c1cc([Si]C)cc(C2=C3C=C(C)N=C3C(C)=C2)c1. The molecule has 1 nitrogen and oxygen atoms in total. The third kappa shape index (κ3) is 2.21. The van der Waals surface area contributed by atoms with E-state index >= 15 is 0 Å². The Labute approximate surface area is 125 Å². The van der Waals surface area contributed by atoms with Gasteiger partial charge < -0.3 is 0 Å². The van der Waals surface area contributed by atoms with Crippen LogP contribution in [0.15, 0.2) is 52.2 Å². The molecule has 4 radical (unpaired) electrons. The lowest BCUT2D eigenvalue weighted by Crippen LogP contribution is -2.22. The molecular formula is C17H17NSi2. The average molecular weight is 292 g/mol. The molecule has 0 saturated carbocycles. The molecule has 1 aromatic carbocycles. The third-order valence-corrected chi connectivity index (χ3v) is 5.47. The summed E-state index contributed by atoms with van der Waals surface area (Å²) in [5, 5.41) is 2.91. The number of aliphatic imine (C=N–C) groups is 1. The fraction of sp³-hybridized carbons (Fsp3) is 0.235. The van der Waals surface area contributed by atoms with E-state index in [4.69, 9.17) is 0 Å². The van der Waals surface area contributed by atoms with Crippen molar-refractivity contribution in [3.05, 3.63) is 52.8 Å². The Morgan fingerprint density at radius 1 is 0.850 bits per heavy atom. The van der Waals surface area contributed by atoms with Crippen LogP contribution in [0.5, 0.6) is 0 Å². The van der Waals surface area contributed by atoms with E-state index in [0.29, 0.717) is 0 Å². The number of rotatable bonds is 3. The molecule has 20 heavy (non-hydrogen) atoms. The molecule has 98 valence electrons. The highest BCUT2D eigenvalue weighted by atomic mass is 28.2. The summed E-state index contributed by atoms with van der Waals surface area (Å²) in [6.45, 7) is 8.74. The van der Waals surface area contributed by atoms with Gasteiger partial charge in [0.25, 0.3) is 0 Å². The largest absolute Gasteiger partial charge is 0.253 e. The quantitative estimate of drug-likeness (QED) is 0.759. The molecule has 3 rings (SSSR count). The normalized spacial score (nSPS) is 17.1. The van der Waals surface area contributed by atoms with Gasteiger partial charge in [-0.1, -0.05) is 41.7 Å². The van der Waals surface area contributed by atoms with Gasteiger partial charge in [-0.2, -0.15) is 0 Å². The molecule has 1 aromatic rings. The molecule has 0 atom stereocenters. The molecule has 1 heterocycles. The maximum absolute atomic E-state index is 4.65. The van der Waals surface area contributed by atoms with Crippen molar-refractivity contribution in [1.29, 1.82) is 0 Å². The van der Waals surface area contributed by atoms with E-state index in [1.807, 2.05) is 0 Å². The summed E-state index contributed by atoms with van der Waals surface area (Å²) < 4.78 is 0. The van der Waals surface area contributed by atoms with Crippen molar-refractivity contribution in [1.82, 2.24) is 0 Å². The first-order valence-corrected chi connectivity index (χ1v) is 9.83. The second-order valence-corrected chi connectivity index (χ2v) is 7.35. The van der Waals surface area contributed by atoms with Crippen molar-refractivity contribution in [2.75, 3.05) is 0 Å². The van der Waals surface area contributed by atoms with E-state index in [1.165, 1.54) is 38.4 Å². The molecule has 0 fully saturated rings. The Balaban J connectivity index is 2.16. The first-order valence-electron chi connectivity index (χ1n) is 6.83. The maximum atomic E-state index is 4.65. The molecule has 0 N–H and O–H groups in total. The van der Waals surface area contributed by atoms with Crippen molar-refractivity contribution in [3.63, 3.8) is 0 Å². The molecule has 0 amide bonds. The van der Waals surface area contributed by atoms with E-state index < -0.39 is 0 Å². The van der Waals surface area contributed by atoms with Crippen LogP contribution < -0.4 is 10.4 Å². The third-order valence-electron chi connectivity index (χ3n) is 3.74. The van der Waals surface area contributed by atoms with Gasteiger partial charge in [0.15, 0.2) is 0 Å². The van der Waals surface area contributed by atoms with Crippen LogP contribution in [-0.2, 0) is 0 Å². The van der Waals surface area contributed by atoms with E-state index in [2.05, 4.69) is 62.3 Å². The van der Waals surface area contributed by atoms with E-state index in [-0.39, 0.29) is 0 Å². The predicted octanol–water partition coefficient (Wildman–Crippen LogP) is 2.51. The fourth-order valence-electron chi connectivity index (χ4n) is 2.73. The number of benzene rings is 1. The molecule has 2 aliphatic rings. The lowest BCUT2D eigenvalue weighted by Gasteiger charge is -2.08. The van der Waals surface area contributed by atoms with Crippen LogP contribution in [0, 0.1) is 0 Å². The van der Waals surface area contributed by atoms with Gasteiger partial charge in [0, 0.05) is 11.3 Å². The summed E-state index contributed by atoms with van der Waals surface area (Å²) in [6, 6.07) is 7.04. The number of allylic oxidation sites excluding steroid dienone is 6. The monoisotopic (exact) mass is 291 g/mol. The standard InChI is InChI=1S/C17H17NSi2/c1-10-5-15(16-6-11(2)18-17(10)16)12-7-13(19-3)9-14(8-12)20-4/h5-9H,1-4H3. The lowest BCUT2D eigenvalue weighted by molar-refractivity contribution is 1.33. The van der Waals surface area contributed by atoms with Crippen LogP contribution in [0.4, 0.5) is 0 Å². The van der Waals surface area contributed by atoms with Crippen LogP contribution in [0.2, 0.25) is 13.1 Å². The van der Waals surface area contributed by atoms with E-state index in [9.17, 15) is 0 Å². The first-order chi connectivity index (χ1) is 9.62. The summed E-state index contributed by atoms with van der Waals surface area (Å²) in [7, 11) is 1.70. The molecule has 3 heteroatoms. The zero-order chi connectivity index (χ0) is 14.3. The Hall–Kier alpha value is -1.46. The summed E-state index contributed by atoms with van der Waals surface area (Å²) in [5.41, 5.74) is 7.58. The Morgan fingerprint density at radius 3 is 2.10 bits per heavy atom. The fourth-order valence-corrected chi connectivity index (χ4v) is 4.07. The van der Waals surface area contributed by atoms with Gasteiger partial charge >= 0.3 is 0 Å². The zero-order valence-corrected chi connectivity index (χ0v) is 14.3. The maximum Gasteiger partial charge on any atom is 0.0773 e. The van der Waals surface area contributed by atoms with Gasteiger partial charge in [-0.15, -0.1) is 0 Å². The highest BCUT2D eigenvalue weighted by Gasteiger charge is 2.24. The summed E-state index contributed by atoms with van der Waals surface area (Å²) in [5.74, 6) is 0.